The van der Waals surface area contributed by atoms with Crippen molar-refractivity contribution in [2.75, 3.05) is 7.05 Å². The molecule has 0 saturated carbocycles. The number of carbonyl (C=O) groups is 1. The van der Waals surface area contributed by atoms with Crippen molar-refractivity contribution >= 4 is 16.9 Å². The van der Waals surface area contributed by atoms with Gasteiger partial charge in [-0.2, -0.15) is 0 Å². The third-order valence-electron chi connectivity index (χ3n) is 2.12. The number of hydrogen-bond acceptors (Lipinski definition) is 2. The highest BCUT2D eigenvalue weighted by Crippen LogP contribution is 2.12. The van der Waals surface area contributed by atoms with Gasteiger partial charge in [-0.25, -0.2) is 4.79 Å². The zero-order valence-electron chi connectivity index (χ0n) is 7.87. The lowest BCUT2D eigenvalue weighted by Crippen LogP contribution is -2.17. The van der Waals surface area contributed by atoms with E-state index in [9.17, 15) is 14.1 Å². The van der Waals surface area contributed by atoms with Gasteiger partial charge in [0.15, 0.2) is 0 Å². The van der Waals surface area contributed by atoms with Gasteiger partial charge in [-0.05, 0) is 18.2 Å². The van der Waals surface area contributed by atoms with Crippen LogP contribution in [0, 0.1) is 0 Å². The molecule has 5 nitrogen and oxygen atoms in total. The van der Waals surface area contributed by atoms with E-state index in [2.05, 4.69) is 10.3 Å². The molecular formula is C9H8FN3O2. The van der Waals surface area contributed by atoms with Crippen LogP contribution < -0.4 is 11.0 Å². The van der Waals surface area contributed by atoms with E-state index in [1.807, 2.05) is 0 Å². The highest BCUT2D eigenvalue weighted by Gasteiger charge is 2.09. The summed E-state index contributed by atoms with van der Waals surface area (Å²) in [4.78, 5) is 24.5. The summed E-state index contributed by atoms with van der Waals surface area (Å²) in [6, 6.07) is 4.24. The van der Waals surface area contributed by atoms with Gasteiger partial charge in [0.1, 0.15) is 5.52 Å². The maximum absolute atomic E-state index is 13.0. The van der Waals surface area contributed by atoms with Crippen LogP contribution in [0.2, 0.25) is 0 Å². The molecule has 0 bridgehead atoms. The largest absolute Gasteiger partial charge is 0.355 e. The quantitative estimate of drug-likeness (QED) is 0.714. The predicted molar refractivity (Wildman–Crippen MR) is 52.5 cm³/mol. The number of halogens is 1. The summed E-state index contributed by atoms with van der Waals surface area (Å²) in [6.07, 6.45) is 0. The summed E-state index contributed by atoms with van der Waals surface area (Å²) < 4.78 is 13.0. The minimum atomic E-state index is -0.848. The van der Waals surface area contributed by atoms with Crippen LogP contribution in [0.1, 0.15) is 10.4 Å². The molecule has 0 aliphatic carbocycles. The molecule has 2 rings (SSSR count). The van der Waals surface area contributed by atoms with Gasteiger partial charge in [-0.1, -0.05) is 4.48 Å². The molecule has 0 spiro atoms. The Kier molecular flexibility index (Phi) is 2.03. The summed E-state index contributed by atoms with van der Waals surface area (Å²) in [5, 5.41) is 2.44. The third-order valence-corrected chi connectivity index (χ3v) is 2.12. The number of nitrogens with one attached hydrogen (secondary N) is 2. The van der Waals surface area contributed by atoms with E-state index < -0.39 is 5.69 Å². The maximum Gasteiger partial charge on any atom is 0.354 e. The van der Waals surface area contributed by atoms with Crippen molar-refractivity contribution in [2.45, 2.75) is 0 Å². The number of fused-ring (bicyclic) bond motifs is 1. The number of amides is 1. The van der Waals surface area contributed by atoms with Crippen molar-refractivity contribution in [3.8, 4) is 0 Å². The zero-order valence-corrected chi connectivity index (χ0v) is 7.87. The number of imidazole rings is 1. The first-order valence-corrected chi connectivity index (χ1v) is 4.26. The van der Waals surface area contributed by atoms with E-state index in [-0.39, 0.29) is 16.2 Å². The first kappa shape index (κ1) is 9.45. The number of rotatable bonds is 1. The lowest BCUT2D eigenvalue weighted by atomic mass is 10.2. The number of H-pyrrole nitrogens is 1. The Morgan fingerprint density at radius 1 is 1.53 bits per heavy atom. The molecule has 1 amide bonds. The monoisotopic (exact) mass is 209 g/mol. The average molecular weight is 209 g/mol. The van der Waals surface area contributed by atoms with E-state index in [0.717, 1.165) is 0 Å². The van der Waals surface area contributed by atoms with Gasteiger partial charge in [0.2, 0.25) is 0 Å². The van der Waals surface area contributed by atoms with E-state index in [4.69, 9.17) is 0 Å². The van der Waals surface area contributed by atoms with Crippen molar-refractivity contribution in [3.05, 3.63) is 34.2 Å². The van der Waals surface area contributed by atoms with Crippen LogP contribution in [-0.2, 0) is 0 Å². The lowest BCUT2D eigenvalue weighted by molar-refractivity contribution is 0.0963. The molecule has 0 atom stereocenters. The van der Waals surface area contributed by atoms with Crippen LogP contribution in [0.3, 0.4) is 0 Å². The summed E-state index contributed by atoms with van der Waals surface area (Å²) in [7, 11) is 1.50. The maximum atomic E-state index is 13.0. The number of nitrogens with zero attached hydrogens (tertiary/aromatic N) is 1. The lowest BCUT2D eigenvalue weighted by Gasteiger charge is -1.98. The molecule has 1 heterocycles. The molecule has 0 aliphatic heterocycles. The Hall–Kier alpha value is -2.11. The minimum absolute atomic E-state index is 0.00294. The number of aromatic nitrogens is 2. The van der Waals surface area contributed by atoms with Gasteiger partial charge in [0, 0.05) is 12.6 Å². The summed E-state index contributed by atoms with van der Waals surface area (Å²) in [5.74, 6) is -0.288. The van der Waals surface area contributed by atoms with Crippen molar-refractivity contribution in [2.24, 2.45) is 0 Å². The van der Waals surface area contributed by atoms with Crippen LogP contribution in [-0.4, -0.2) is 22.7 Å². The van der Waals surface area contributed by atoms with E-state index in [1.165, 1.54) is 25.2 Å². The summed E-state index contributed by atoms with van der Waals surface area (Å²) in [6.45, 7) is 0. The molecule has 1 aromatic carbocycles. The molecule has 6 heteroatoms. The summed E-state index contributed by atoms with van der Waals surface area (Å²) in [5.41, 5.74) is -0.0674. The molecule has 15 heavy (non-hydrogen) atoms. The Labute approximate surface area is 83.5 Å². The normalized spacial score (nSPS) is 10.5. The highest BCUT2D eigenvalue weighted by molar-refractivity contribution is 5.97. The van der Waals surface area contributed by atoms with E-state index in [0.29, 0.717) is 11.1 Å². The highest BCUT2D eigenvalue weighted by atomic mass is 19.2. The van der Waals surface area contributed by atoms with Crippen LogP contribution in [0.15, 0.2) is 23.0 Å². The molecule has 0 aliphatic rings. The standard InChI is InChI=1S/C9H8FN3O2/c1-11-8(14)5-2-3-7-6(4-5)12-9(15)13(7)10/h2-4H,1H3,(H,11,14)(H,12,15). The second kappa shape index (κ2) is 3.23. The van der Waals surface area contributed by atoms with E-state index >= 15 is 0 Å². The SMILES string of the molecule is CNC(=O)c1ccc2c(c1)[nH]c(=O)n2F. The van der Waals surface area contributed by atoms with Crippen molar-refractivity contribution in [1.82, 2.24) is 15.1 Å². The van der Waals surface area contributed by atoms with Gasteiger partial charge in [0.05, 0.1) is 5.52 Å². The first-order valence-electron chi connectivity index (χ1n) is 4.26. The van der Waals surface area contributed by atoms with Crippen molar-refractivity contribution < 1.29 is 9.28 Å². The van der Waals surface area contributed by atoms with Gasteiger partial charge >= 0.3 is 5.69 Å². The number of carbonyl (C=O) groups excluding carboxylic acids is 1. The van der Waals surface area contributed by atoms with E-state index in [1.54, 1.807) is 0 Å². The molecular weight excluding hydrogens is 201 g/mol. The van der Waals surface area contributed by atoms with Crippen LogP contribution in [0.5, 0.6) is 0 Å². The fourth-order valence-corrected chi connectivity index (χ4v) is 1.37. The molecule has 0 saturated heterocycles. The Morgan fingerprint density at radius 3 is 2.93 bits per heavy atom. The van der Waals surface area contributed by atoms with Crippen molar-refractivity contribution in [3.63, 3.8) is 0 Å². The fourth-order valence-electron chi connectivity index (χ4n) is 1.37. The molecule has 0 radical (unpaired) electrons. The first-order chi connectivity index (χ1) is 7.13. The second-order valence-corrected chi connectivity index (χ2v) is 3.02. The van der Waals surface area contributed by atoms with Gasteiger partial charge in [0.25, 0.3) is 5.91 Å². The smallest absolute Gasteiger partial charge is 0.354 e. The number of hydrogen-bond donors (Lipinski definition) is 2. The Bertz CT molecular complexity index is 585. The molecule has 78 valence electrons. The summed E-state index contributed by atoms with van der Waals surface area (Å²) >= 11 is 0. The van der Waals surface area contributed by atoms with Gasteiger partial charge in [-0.15, -0.1) is 4.79 Å². The minimum Gasteiger partial charge on any atom is -0.355 e. The molecule has 0 unspecified atom stereocenters. The van der Waals surface area contributed by atoms with Crippen LogP contribution in [0.4, 0.5) is 4.48 Å². The zero-order chi connectivity index (χ0) is 11.0. The van der Waals surface area contributed by atoms with Gasteiger partial charge in [-0.3, -0.25) is 4.79 Å². The second-order valence-electron chi connectivity index (χ2n) is 3.02. The number of aromatic amines is 1. The fraction of sp³-hybridized carbons (Fsp3) is 0.111. The molecule has 0 fully saturated rings. The third kappa shape index (κ3) is 1.39. The molecule has 2 N–H and O–H groups in total. The van der Waals surface area contributed by atoms with Crippen molar-refractivity contribution in [1.29, 1.82) is 0 Å². The van der Waals surface area contributed by atoms with Gasteiger partial charge < -0.3 is 10.3 Å². The van der Waals surface area contributed by atoms with Crippen LogP contribution >= 0.6 is 0 Å². The van der Waals surface area contributed by atoms with Crippen LogP contribution in [0.25, 0.3) is 11.0 Å². The Balaban J connectivity index is 2.67. The molecule has 1 aromatic heterocycles. The topological polar surface area (TPSA) is 66.9 Å². The average Bonchev–Trinajstić information content (AvgIpc) is 2.53. The predicted octanol–water partition coefficient (Wildman–Crippen LogP) is 0.422. The number of benzene rings is 1. The molecule has 2 aromatic rings. The Morgan fingerprint density at radius 2 is 2.27 bits per heavy atom.